The molecule has 1 aromatic heterocycles. The molecule has 1 rings (SSSR count). The van der Waals surface area contributed by atoms with E-state index in [-0.39, 0.29) is 0 Å². The molecule has 1 heterocycles. The summed E-state index contributed by atoms with van der Waals surface area (Å²) in [4.78, 5) is 11.2. The molecule has 0 aliphatic carbocycles. The SMILES string of the molecule is COCCNC(C)(C(=O)O)c1ccc(Br)o1. The molecule has 1 atom stereocenters. The van der Waals surface area contributed by atoms with Crippen LogP contribution >= 0.6 is 15.9 Å². The average molecular weight is 292 g/mol. The minimum absolute atomic E-state index is 0.350. The van der Waals surface area contributed by atoms with Gasteiger partial charge in [0.25, 0.3) is 0 Å². The highest BCUT2D eigenvalue weighted by Gasteiger charge is 2.37. The average Bonchev–Trinajstić information content (AvgIpc) is 2.65. The summed E-state index contributed by atoms with van der Waals surface area (Å²) in [5, 5.41) is 12.1. The molecule has 2 N–H and O–H groups in total. The van der Waals surface area contributed by atoms with Crippen molar-refractivity contribution in [2.24, 2.45) is 0 Å². The number of carboxylic acids is 1. The van der Waals surface area contributed by atoms with Crippen molar-refractivity contribution < 1.29 is 19.1 Å². The summed E-state index contributed by atoms with van der Waals surface area (Å²) in [6.45, 7) is 2.42. The summed E-state index contributed by atoms with van der Waals surface area (Å²) in [6.07, 6.45) is 0. The van der Waals surface area contributed by atoms with Crippen LogP contribution in [0, 0.1) is 0 Å². The van der Waals surface area contributed by atoms with Gasteiger partial charge in [-0.1, -0.05) is 0 Å². The maximum Gasteiger partial charge on any atom is 0.331 e. The fourth-order valence-electron chi connectivity index (χ4n) is 1.25. The minimum atomic E-state index is -1.25. The highest BCUT2D eigenvalue weighted by Crippen LogP contribution is 2.25. The molecule has 6 heteroatoms. The molecule has 90 valence electrons. The zero-order chi connectivity index (χ0) is 12.2. The smallest absolute Gasteiger partial charge is 0.331 e. The van der Waals surface area contributed by atoms with Crippen molar-refractivity contribution in [3.8, 4) is 0 Å². The first-order chi connectivity index (χ1) is 7.50. The van der Waals surface area contributed by atoms with E-state index in [2.05, 4.69) is 21.2 Å². The monoisotopic (exact) mass is 291 g/mol. The molecule has 0 saturated heterocycles. The molecule has 0 bridgehead atoms. The zero-order valence-corrected chi connectivity index (χ0v) is 10.7. The summed E-state index contributed by atoms with van der Waals surface area (Å²) in [5.74, 6) is -0.645. The molecule has 1 aromatic rings. The number of methoxy groups -OCH3 is 1. The first-order valence-corrected chi connectivity index (χ1v) is 5.53. The molecule has 1 unspecified atom stereocenters. The van der Waals surface area contributed by atoms with Crippen molar-refractivity contribution in [1.82, 2.24) is 5.32 Å². The molecule has 5 nitrogen and oxygen atoms in total. The molecular formula is C10H14BrNO4. The predicted molar refractivity (Wildman–Crippen MR) is 61.3 cm³/mol. The van der Waals surface area contributed by atoms with Gasteiger partial charge in [0, 0.05) is 13.7 Å². The Bertz CT molecular complexity index is 365. The Balaban J connectivity index is 2.84. The third-order valence-electron chi connectivity index (χ3n) is 2.28. The van der Waals surface area contributed by atoms with Crippen LogP contribution in [0.5, 0.6) is 0 Å². The first-order valence-electron chi connectivity index (χ1n) is 4.74. The fourth-order valence-corrected chi connectivity index (χ4v) is 1.56. The van der Waals surface area contributed by atoms with E-state index in [9.17, 15) is 9.90 Å². The second-order valence-corrected chi connectivity index (χ2v) is 4.24. The molecule has 0 aliphatic rings. The molecular weight excluding hydrogens is 278 g/mol. The lowest BCUT2D eigenvalue weighted by molar-refractivity contribution is -0.145. The van der Waals surface area contributed by atoms with E-state index in [1.807, 2.05) is 0 Å². The Labute approximate surface area is 102 Å². The van der Waals surface area contributed by atoms with Crippen LogP contribution in [-0.4, -0.2) is 31.3 Å². The standard InChI is InChI=1S/C10H14BrNO4/c1-10(9(13)14,12-5-6-15-2)7-3-4-8(11)16-7/h3-4,12H,5-6H2,1-2H3,(H,13,14). The van der Waals surface area contributed by atoms with Crippen molar-refractivity contribution in [1.29, 1.82) is 0 Å². The van der Waals surface area contributed by atoms with Crippen molar-refractivity contribution >= 4 is 21.9 Å². The van der Waals surface area contributed by atoms with Crippen LogP contribution in [0.2, 0.25) is 0 Å². The molecule has 0 aromatic carbocycles. The number of carboxylic acid groups (broad SMARTS) is 1. The van der Waals surface area contributed by atoms with Crippen LogP contribution in [0.15, 0.2) is 21.2 Å². The first kappa shape index (κ1) is 13.2. The summed E-state index contributed by atoms with van der Waals surface area (Å²) in [7, 11) is 1.56. The van der Waals surface area contributed by atoms with Gasteiger partial charge in [-0.2, -0.15) is 0 Å². The van der Waals surface area contributed by atoms with Crippen LogP contribution in [0.1, 0.15) is 12.7 Å². The van der Waals surface area contributed by atoms with E-state index in [0.717, 1.165) is 0 Å². The Morgan fingerprint density at radius 1 is 1.69 bits per heavy atom. The van der Waals surface area contributed by atoms with E-state index in [0.29, 0.717) is 23.6 Å². The fraction of sp³-hybridized carbons (Fsp3) is 0.500. The van der Waals surface area contributed by atoms with Gasteiger partial charge < -0.3 is 14.3 Å². The summed E-state index contributed by atoms with van der Waals surface area (Å²) in [5.41, 5.74) is -1.25. The third-order valence-corrected chi connectivity index (χ3v) is 2.70. The number of hydrogen-bond donors (Lipinski definition) is 2. The van der Waals surface area contributed by atoms with Crippen LogP contribution in [0.25, 0.3) is 0 Å². The van der Waals surface area contributed by atoms with Crippen LogP contribution < -0.4 is 5.32 Å². The van der Waals surface area contributed by atoms with E-state index in [4.69, 9.17) is 9.15 Å². The molecule has 0 saturated carbocycles. The lowest BCUT2D eigenvalue weighted by Crippen LogP contribution is -2.47. The number of halogens is 1. The number of aliphatic carboxylic acids is 1. The van der Waals surface area contributed by atoms with Crippen LogP contribution in [0.4, 0.5) is 0 Å². The predicted octanol–water partition coefficient (Wildman–Crippen LogP) is 1.58. The maximum atomic E-state index is 11.2. The highest BCUT2D eigenvalue weighted by molar-refractivity contribution is 9.10. The number of furan rings is 1. The normalized spacial score (nSPS) is 14.7. The van der Waals surface area contributed by atoms with E-state index in [1.54, 1.807) is 26.2 Å². The number of carbonyl (C=O) groups is 1. The summed E-state index contributed by atoms with van der Waals surface area (Å²) < 4.78 is 10.6. The molecule has 16 heavy (non-hydrogen) atoms. The molecule has 0 fully saturated rings. The Morgan fingerprint density at radius 2 is 2.38 bits per heavy atom. The van der Waals surface area contributed by atoms with Gasteiger partial charge in [-0.05, 0) is 35.0 Å². The van der Waals surface area contributed by atoms with Gasteiger partial charge in [0.05, 0.1) is 6.61 Å². The quantitative estimate of drug-likeness (QED) is 0.779. The van der Waals surface area contributed by atoms with Gasteiger partial charge in [-0.25, -0.2) is 4.79 Å². The van der Waals surface area contributed by atoms with Gasteiger partial charge in [0.1, 0.15) is 5.76 Å². The lowest BCUT2D eigenvalue weighted by atomic mass is 9.99. The van der Waals surface area contributed by atoms with Gasteiger partial charge in [-0.3, -0.25) is 5.32 Å². The maximum absolute atomic E-state index is 11.2. The Hall–Kier alpha value is -0.850. The van der Waals surface area contributed by atoms with Crippen molar-refractivity contribution in [2.75, 3.05) is 20.3 Å². The van der Waals surface area contributed by atoms with Gasteiger partial charge in [0.2, 0.25) is 0 Å². The largest absolute Gasteiger partial charge is 0.480 e. The molecule has 0 aliphatic heterocycles. The summed E-state index contributed by atoms with van der Waals surface area (Å²) in [6, 6.07) is 3.28. The van der Waals surface area contributed by atoms with Crippen LogP contribution in [-0.2, 0) is 15.1 Å². The van der Waals surface area contributed by atoms with Gasteiger partial charge in [0.15, 0.2) is 10.2 Å². The molecule has 0 radical (unpaired) electrons. The van der Waals surface area contributed by atoms with Crippen LogP contribution in [0.3, 0.4) is 0 Å². The second kappa shape index (κ2) is 5.47. The Morgan fingerprint density at radius 3 is 2.81 bits per heavy atom. The number of nitrogens with one attached hydrogen (secondary N) is 1. The van der Waals surface area contributed by atoms with Crippen molar-refractivity contribution in [2.45, 2.75) is 12.5 Å². The molecule has 0 spiro atoms. The second-order valence-electron chi connectivity index (χ2n) is 3.45. The van der Waals surface area contributed by atoms with Crippen molar-refractivity contribution in [3.05, 3.63) is 22.6 Å². The number of rotatable bonds is 6. The lowest BCUT2D eigenvalue weighted by Gasteiger charge is -2.23. The third kappa shape index (κ3) is 2.84. The van der Waals surface area contributed by atoms with Gasteiger partial charge in [-0.15, -0.1) is 0 Å². The number of ether oxygens (including phenoxy) is 1. The van der Waals surface area contributed by atoms with E-state index in [1.165, 1.54) is 0 Å². The minimum Gasteiger partial charge on any atom is -0.480 e. The molecule has 0 amide bonds. The zero-order valence-electron chi connectivity index (χ0n) is 9.12. The summed E-state index contributed by atoms with van der Waals surface area (Å²) >= 11 is 3.14. The van der Waals surface area contributed by atoms with E-state index >= 15 is 0 Å². The Kier molecular flexibility index (Phi) is 4.52. The van der Waals surface area contributed by atoms with Crippen molar-refractivity contribution in [3.63, 3.8) is 0 Å². The van der Waals surface area contributed by atoms with Gasteiger partial charge >= 0.3 is 5.97 Å². The highest BCUT2D eigenvalue weighted by atomic mass is 79.9. The number of hydrogen-bond acceptors (Lipinski definition) is 4. The topological polar surface area (TPSA) is 71.7 Å². The van der Waals surface area contributed by atoms with E-state index < -0.39 is 11.5 Å².